The molecular weight excluding hydrogens is 368 g/mol. The van der Waals surface area contributed by atoms with Crippen molar-refractivity contribution in [3.63, 3.8) is 0 Å². The lowest BCUT2D eigenvalue weighted by molar-refractivity contribution is 0.0983. The number of likely N-dealkylation sites (tertiary alicyclic amines) is 1. The van der Waals surface area contributed by atoms with E-state index in [4.69, 9.17) is 4.74 Å². The van der Waals surface area contributed by atoms with E-state index in [9.17, 15) is 4.79 Å². The molecule has 1 saturated heterocycles. The topological polar surface area (TPSA) is 83.5 Å². The first-order chi connectivity index (χ1) is 14.1. The van der Waals surface area contributed by atoms with Crippen LogP contribution in [-0.4, -0.2) is 58.2 Å². The lowest BCUT2D eigenvalue weighted by atomic mass is 10.00. The Morgan fingerprint density at radius 1 is 1.24 bits per heavy atom. The Morgan fingerprint density at radius 3 is 2.86 bits per heavy atom. The van der Waals surface area contributed by atoms with Crippen LogP contribution in [0.4, 0.5) is 22.4 Å². The van der Waals surface area contributed by atoms with Gasteiger partial charge < -0.3 is 19.9 Å². The Balaban J connectivity index is 1.42. The van der Waals surface area contributed by atoms with Gasteiger partial charge in [0.1, 0.15) is 6.33 Å². The molecule has 1 fully saturated rings. The zero-order chi connectivity index (χ0) is 20.2. The predicted octanol–water partition coefficient (Wildman–Crippen LogP) is 3.30. The zero-order valence-corrected chi connectivity index (χ0v) is 17.1. The Kier molecular flexibility index (Phi) is 5.78. The molecule has 2 aliphatic heterocycles. The van der Waals surface area contributed by atoms with Gasteiger partial charge in [0, 0.05) is 31.4 Å². The summed E-state index contributed by atoms with van der Waals surface area (Å²) >= 11 is 0. The van der Waals surface area contributed by atoms with Gasteiger partial charge in [-0.1, -0.05) is 17.7 Å². The van der Waals surface area contributed by atoms with Gasteiger partial charge >= 0.3 is 6.09 Å². The molecule has 0 bridgehead atoms. The number of amides is 1. The van der Waals surface area contributed by atoms with Crippen LogP contribution in [0, 0.1) is 6.92 Å². The van der Waals surface area contributed by atoms with Crippen LogP contribution >= 0.6 is 0 Å². The van der Waals surface area contributed by atoms with E-state index in [-0.39, 0.29) is 12.1 Å². The number of aromatic nitrogens is 3. The van der Waals surface area contributed by atoms with E-state index < -0.39 is 0 Å². The molecule has 4 rings (SSSR count). The Bertz CT molecular complexity index is 866. The maximum Gasteiger partial charge on any atom is 0.409 e. The monoisotopic (exact) mass is 396 g/mol. The van der Waals surface area contributed by atoms with Crippen molar-refractivity contribution >= 4 is 23.7 Å². The highest BCUT2D eigenvalue weighted by Gasteiger charge is 2.25. The summed E-state index contributed by atoms with van der Waals surface area (Å²) in [5.74, 6) is 1.26. The minimum absolute atomic E-state index is 0.229. The number of aryl methyl sites for hydroxylation is 2. The van der Waals surface area contributed by atoms with E-state index in [1.165, 1.54) is 16.8 Å². The van der Waals surface area contributed by atoms with Crippen LogP contribution in [0.3, 0.4) is 0 Å². The van der Waals surface area contributed by atoms with E-state index in [1.54, 1.807) is 11.2 Å². The van der Waals surface area contributed by atoms with E-state index in [0.717, 1.165) is 32.2 Å². The second-order valence-electron chi connectivity index (χ2n) is 7.60. The van der Waals surface area contributed by atoms with E-state index in [0.29, 0.717) is 31.6 Å². The summed E-state index contributed by atoms with van der Waals surface area (Å²) < 4.78 is 5.08. The molecule has 2 aromatic rings. The maximum atomic E-state index is 11.8. The second kappa shape index (κ2) is 8.63. The Labute approximate surface area is 171 Å². The molecule has 0 atom stereocenters. The highest BCUT2D eigenvalue weighted by molar-refractivity contribution is 5.67. The number of hydrogen-bond acceptors (Lipinski definition) is 7. The van der Waals surface area contributed by atoms with Crippen LogP contribution in [0.5, 0.6) is 0 Å². The average molecular weight is 396 g/mol. The first-order valence-electron chi connectivity index (χ1n) is 10.4. The van der Waals surface area contributed by atoms with Crippen molar-refractivity contribution in [3.8, 4) is 0 Å². The molecule has 1 amide bonds. The minimum Gasteiger partial charge on any atom is -0.450 e. The van der Waals surface area contributed by atoms with Gasteiger partial charge in [-0.15, -0.1) is 0 Å². The van der Waals surface area contributed by atoms with Crippen LogP contribution in [0.15, 0.2) is 24.5 Å². The number of rotatable bonds is 4. The van der Waals surface area contributed by atoms with E-state index in [2.05, 4.69) is 50.3 Å². The first kappa shape index (κ1) is 19.4. The molecule has 29 heavy (non-hydrogen) atoms. The predicted molar refractivity (Wildman–Crippen MR) is 112 cm³/mol. The molecular formula is C21H28N6O2. The summed E-state index contributed by atoms with van der Waals surface area (Å²) in [6.45, 7) is 6.60. The molecule has 0 unspecified atom stereocenters. The van der Waals surface area contributed by atoms with E-state index >= 15 is 0 Å². The van der Waals surface area contributed by atoms with Gasteiger partial charge in [0.15, 0.2) is 0 Å². The van der Waals surface area contributed by atoms with Crippen molar-refractivity contribution in [1.82, 2.24) is 19.9 Å². The fourth-order valence-electron chi connectivity index (χ4n) is 4.02. The van der Waals surface area contributed by atoms with Gasteiger partial charge in [0.25, 0.3) is 0 Å². The van der Waals surface area contributed by atoms with Crippen molar-refractivity contribution in [2.45, 2.75) is 45.6 Å². The van der Waals surface area contributed by atoms with Gasteiger partial charge in [0.05, 0.1) is 6.61 Å². The normalized spacial score (nSPS) is 17.0. The van der Waals surface area contributed by atoms with E-state index in [1.807, 2.05) is 6.92 Å². The van der Waals surface area contributed by atoms with Gasteiger partial charge in [0.2, 0.25) is 11.9 Å². The Hall–Kier alpha value is -2.90. The van der Waals surface area contributed by atoms with Crippen molar-refractivity contribution in [1.29, 1.82) is 0 Å². The molecule has 0 saturated carbocycles. The van der Waals surface area contributed by atoms with Crippen LogP contribution < -0.4 is 10.2 Å². The lowest BCUT2D eigenvalue weighted by Gasteiger charge is -2.32. The standard InChI is InChI=1S/C21H28N6O2/c1-3-29-21(28)26-11-8-17(9-12-26)24-19-22-14-23-20(25-19)27-10-4-5-16-13-15(2)6-7-18(16)27/h6-7,13-14,17H,3-5,8-12H2,1-2H3,(H,22,23,24,25). The average Bonchev–Trinajstić information content (AvgIpc) is 2.74. The molecule has 2 aliphatic rings. The minimum atomic E-state index is -0.229. The highest BCUT2D eigenvalue weighted by atomic mass is 16.6. The molecule has 8 heteroatoms. The third kappa shape index (κ3) is 4.41. The summed E-state index contributed by atoms with van der Waals surface area (Å²) in [7, 11) is 0. The molecule has 8 nitrogen and oxygen atoms in total. The SMILES string of the molecule is CCOC(=O)N1CCC(Nc2ncnc(N3CCCc4cc(C)ccc43)n2)CC1. The van der Waals surface area contributed by atoms with Gasteiger partial charge in [-0.05, 0) is 51.2 Å². The third-order valence-electron chi connectivity index (χ3n) is 5.51. The van der Waals surface area contributed by atoms with Crippen LogP contribution in [0.25, 0.3) is 0 Å². The molecule has 0 spiro atoms. The number of piperidine rings is 1. The summed E-state index contributed by atoms with van der Waals surface area (Å²) in [4.78, 5) is 29.2. The quantitative estimate of drug-likeness (QED) is 0.849. The molecule has 1 N–H and O–H groups in total. The second-order valence-corrected chi connectivity index (χ2v) is 7.60. The summed E-state index contributed by atoms with van der Waals surface area (Å²) in [6.07, 6.45) is 5.19. The van der Waals surface area contributed by atoms with Crippen LogP contribution in [0.2, 0.25) is 0 Å². The van der Waals surface area contributed by atoms with Gasteiger partial charge in [-0.25, -0.2) is 14.8 Å². The molecule has 0 radical (unpaired) electrons. The number of hydrogen-bond donors (Lipinski definition) is 1. The highest BCUT2D eigenvalue weighted by Crippen LogP contribution is 2.32. The number of nitrogens with one attached hydrogen (secondary N) is 1. The first-order valence-corrected chi connectivity index (χ1v) is 10.4. The number of carbonyl (C=O) groups excluding carboxylic acids is 1. The maximum absolute atomic E-state index is 11.8. The largest absolute Gasteiger partial charge is 0.450 e. The molecule has 3 heterocycles. The smallest absolute Gasteiger partial charge is 0.409 e. The van der Waals surface area contributed by atoms with Gasteiger partial charge in [-0.2, -0.15) is 4.98 Å². The van der Waals surface area contributed by atoms with Crippen molar-refractivity contribution in [2.24, 2.45) is 0 Å². The Morgan fingerprint density at radius 2 is 2.07 bits per heavy atom. The number of fused-ring (bicyclic) bond motifs is 1. The number of benzene rings is 1. The number of anilines is 3. The third-order valence-corrected chi connectivity index (χ3v) is 5.51. The van der Waals surface area contributed by atoms with Crippen LogP contribution in [-0.2, 0) is 11.2 Å². The number of nitrogens with zero attached hydrogens (tertiary/aromatic N) is 5. The fraction of sp³-hybridized carbons (Fsp3) is 0.524. The summed E-state index contributed by atoms with van der Waals surface area (Å²) in [6, 6.07) is 6.77. The molecule has 1 aromatic heterocycles. The van der Waals surface area contributed by atoms with Crippen molar-refractivity contribution < 1.29 is 9.53 Å². The molecule has 1 aromatic carbocycles. The summed E-state index contributed by atoms with van der Waals surface area (Å²) in [5.41, 5.74) is 3.80. The van der Waals surface area contributed by atoms with Crippen LogP contribution in [0.1, 0.15) is 37.3 Å². The van der Waals surface area contributed by atoms with Crippen molar-refractivity contribution in [2.75, 3.05) is 36.5 Å². The molecule has 0 aliphatic carbocycles. The zero-order valence-electron chi connectivity index (χ0n) is 17.1. The fourth-order valence-corrected chi connectivity index (χ4v) is 4.02. The number of carbonyl (C=O) groups is 1. The van der Waals surface area contributed by atoms with Crippen molar-refractivity contribution in [3.05, 3.63) is 35.7 Å². The molecule has 154 valence electrons. The summed E-state index contributed by atoms with van der Waals surface area (Å²) in [5, 5.41) is 3.42. The number of ether oxygens (including phenoxy) is 1. The lowest BCUT2D eigenvalue weighted by Crippen LogP contribution is -2.42. The van der Waals surface area contributed by atoms with Gasteiger partial charge in [-0.3, -0.25) is 0 Å².